The fourth-order valence-corrected chi connectivity index (χ4v) is 5.23. The van der Waals surface area contributed by atoms with Crippen LogP contribution in [0.4, 0.5) is 4.79 Å². The number of carbonyl (C=O) groups is 2. The Hall–Kier alpha value is -3.97. The number of rotatable bonds is 8. The van der Waals surface area contributed by atoms with Crippen LogP contribution in [0.5, 0.6) is 5.88 Å². The van der Waals surface area contributed by atoms with Crippen molar-refractivity contribution in [3.05, 3.63) is 54.9 Å². The van der Waals surface area contributed by atoms with Gasteiger partial charge in [0.25, 0.3) is 0 Å². The second kappa shape index (κ2) is 12.0. The zero-order valence-corrected chi connectivity index (χ0v) is 25.7. The SMILES string of the molecule is COC(=O)N[C@H](C(=O)N1C[C@@H](Oc2cnccn2)C[C@H]1c1ncc(-c2ccc(B3OC(C)(C)C(C)(C)O3)cc2)[nH]1)C(C)C. The summed E-state index contributed by atoms with van der Waals surface area (Å²) in [5.41, 5.74) is 1.81. The van der Waals surface area contributed by atoms with Crippen LogP contribution in [0.15, 0.2) is 49.1 Å². The smallest absolute Gasteiger partial charge is 0.471 e. The van der Waals surface area contributed by atoms with Gasteiger partial charge in [-0.15, -0.1) is 0 Å². The minimum absolute atomic E-state index is 0.179. The second-order valence-electron chi connectivity index (χ2n) is 12.3. The molecule has 0 bridgehead atoms. The van der Waals surface area contributed by atoms with Gasteiger partial charge in [-0.3, -0.25) is 9.78 Å². The summed E-state index contributed by atoms with van der Waals surface area (Å²) in [5.74, 6) is 0.558. The molecule has 2 fully saturated rings. The third kappa shape index (κ3) is 6.37. The molecule has 4 heterocycles. The highest BCUT2D eigenvalue weighted by Gasteiger charge is 2.51. The van der Waals surface area contributed by atoms with Gasteiger partial charge in [-0.25, -0.2) is 14.8 Å². The van der Waals surface area contributed by atoms with E-state index >= 15 is 0 Å². The topological polar surface area (TPSA) is 141 Å². The molecule has 3 atom stereocenters. The van der Waals surface area contributed by atoms with E-state index in [0.717, 1.165) is 16.7 Å². The highest BCUT2D eigenvalue weighted by atomic mass is 16.7. The fourth-order valence-electron chi connectivity index (χ4n) is 5.23. The second-order valence-corrected chi connectivity index (χ2v) is 12.3. The molecule has 2 amide bonds. The Kier molecular flexibility index (Phi) is 8.48. The minimum Gasteiger partial charge on any atom is -0.471 e. The number of alkyl carbamates (subject to hydrolysis) is 1. The fraction of sp³-hybridized carbons (Fsp3) is 0.500. The standard InChI is InChI=1S/C30H39BN6O6/c1-18(2)25(36-28(39)40-7)27(38)37-17-21(41-24-16-32-12-13-33-24)14-23(37)26-34-15-22(35-26)19-8-10-20(11-9-19)31-42-29(3,4)30(5,6)43-31/h8-13,15-16,18,21,23,25H,14,17H2,1-7H3,(H,34,35)(H,36,39)/t21-,23-,25-/m0/s1. The van der Waals surface area contributed by atoms with E-state index in [1.54, 1.807) is 23.5 Å². The highest BCUT2D eigenvalue weighted by molar-refractivity contribution is 6.62. The lowest BCUT2D eigenvalue weighted by molar-refractivity contribution is -0.135. The lowest BCUT2D eigenvalue weighted by Crippen LogP contribution is -2.51. The molecule has 1 aromatic carbocycles. The van der Waals surface area contributed by atoms with Gasteiger partial charge in [0.1, 0.15) is 18.0 Å². The first-order chi connectivity index (χ1) is 20.4. The van der Waals surface area contributed by atoms with E-state index in [-0.39, 0.29) is 24.5 Å². The molecule has 228 valence electrons. The van der Waals surface area contributed by atoms with E-state index in [1.807, 2.05) is 65.8 Å². The van der Waals surface area contributed by atoms with Crippen molar-refractivity contribution in [1.29, 1.82) is 0 Å². The molecule has 2 saturated heterocycles. The predicted molar refractivity (Wildman–Crippen MR) is 159 cm³/mol. The Labute approximate surface area is 252 Å². The molecule has 12 nitrogen and oxygen atoms in total. The number of ether oxygens (including phenoxy) is 2. The zero-order chi connectivity index (χ0) is 30.9. The summed E-state index contributed by atoms with van der Waals surface area (Å²) < 4.78 is 23.2. The number of aromatic amines is 1. The number of amides is 2. The summed E-state index contributed by atoms with van der Waals surface area (Å²) in [4.78, 5) is 44.0. The summed E-state index contributed by atoms with van der Waals surface area (Å²) in [6, 6.07) is 6.74. The molecule has 0 radical (unpaired) electrons. The number of likely N-dealkylation sites (tertiary alicyclic amines) is 1. The van der Waals surface area contributed by atoms with Crippen LogP contribution in [0.2, 0.25) is 0 Å². The van der Waals surface area contributed by atoms with Gasteiger partial charge in [0.15, 0.2) is 0 Å². The third-order valence-electron chi connectivity index (χ3n) is 8.42. The van der Waals surface area contributed by atoms with Crippen molar-refractivity contribution in [2.45, 2.75) is 77.4 Å². The third-order valence-corrected chi connectivity index (χ3v) is 8.42. The van der Waals surface area contributed by atoms with Crippen LogP contribution in [-0.2, 0) is 18.8 Å². The lowest BCUT2D eigenvalue weighted by atomic mass is 9.79. The van der Waals surface area contributed by atoms with Crippen molar-refractivity contribution in [3.63, 3.8) is 0 Å². The van der Waals surface area contributed by atoms with Crippen molar-refractivity contribution < 1.29 is 28.4 Å². The Morgan fingerprint density at radius 2 is 1.77 bits per heavy atom. The van der Waals surface area contributed by atoms with E-state index in [1.165, 1.54) is 13.3 Å². The number of nitrogens with zero attached hydrogens (tertiary/aromatic N) is 4. The average molecular weight is 590 g/mol. The van der Waals surface area contributed by atoms with Crippen LogP contribution in [-0.4, -0.2) is 81.0 Å². The molecule has 2 aromatic heterocycles. The molecule has 13 heteroatoms. The van der Waals surface area contributed by atoms with Crippen LogP contribution in [0.3, 0.4) is 0 Å². The molecule has 0 unspecified atom stereocenters. The number of aromatic nitrogens is 4. The molecule has 2 aliphatic heterocycles. The number of H-pyrrole nitrogens is 1. The van der Waals surface area contributed by atoms with Gasteiger partial charge in [0, 0.05) is 18.8 Å². The molecule has 2 N–H and O–H groups in total. The summed E-state index contributed by atoms with van der Waals surface area (Å²) >= 11 is 0. The summed E-state index contributed by atoms with van der Waals surface area (Å²) in [5, 5.41) is 2.68. The summed E-state index contributed by atoms with van der Waals surface area (Å²) in [6.45, 7) is 12.1. The van der Waals surface area contributed by atoms with Crippen molar-refractivity contribution >= 4 is 24.6 Å². The van der Waals surface area contributed by atoms with Crippen LogP contribution >= 0.6 is 0 Å². The van der Waals surface area contributed by atoms with Crippen molar-refractivity contribution in [3.8, 4) is 17.1 Å². The van der Waals surface area contributed by atoms with E-state index < -0.39 is 36.5 Å². The quantitative estimate of drug-likeness (QED) is 0.378. The molecule has 0 saturated carbocycles. The van der Waals surface area contributed by atoms with Gasteiger partial charge in [-0.05, 0) is 44.6 Å². The van der Waals surface area contributed by atoms with E-state index in [0.29, 0.717) is 18.1 Å². The Morgan fingerprint density at radius 1 is 1.07 bits per heavy atom. The van der Waals surface area contributed by atoms with Gasteiger partial charge >= 0.3 is 13.2 Å². The predicted octanol–water partition coefficient (Wildman–Crippen LogP) is 3.27. The normalized spacial score (nSPS) is 21.6. The monoisotopic (exact) mass is 590 g/mol. The van der Waals surface area contributed by atoms with Gasteiger partial charge < -0.3 is 34.0 Å². The first-order valence-corrected chi connectivity index (χ1v) is 14.5. The first kappa shape index (κ1) is 30.5. The zero-order valence-electron chi connectivity index (χ0n) is 25.7. The Bertz CT molecular complexity index is 1410. The van der Waals surface area contributed by atoms with Gasteiger partial charge in [0.05, 0.1) is 49.0 Å². The maximum absolute atomic E-state index is 13.9. The Balaban J connectivity index is 1.37. The first-order valence-electron chi connectivity index (χ1n) is 14.5. The number of imidazole rings is 1. The molecular formula is C30H39BN6O6. The number of hydrogen-bond donors (Lipinski definition) is 2. The van der Waals surface area contributed by atoms with Crippen molar-refractivity contribution in [2.75, 3.05) is 13.7 Å². The number of nitrogens with one attached hydrogen (secondary N) is 2. The van der Waals surface area contributed by atoms with E-state index in [9.17, 15) is 9.59 Å². The number of methoxy groups -OCH3 is 1. The summed E-state index contributed by atoms with van der Waals surface area (Å²) in [7, 11) is 0.820. The van der Waals surface area contributed by atoms with Crippen molar-refractivity contribution in [1.82, 2.24) is 30.2 Å². The largest absolute Gasteiger partial charge is 0.494 e. The van der Waals surface area contributed by atoms with Crippen LogP contribution in [0.25, 0.3) is 11.3 Å². The van der Waals surface area contributed by atoms with Crippen LogP contribution < -0.4 is 15.5 Å². The average Bonchev–Trinajstić information content (AvgIpc) is 3.67. The molecule has 5 rings (SSSR count). The maximum Gasteiger partial charge on any atom is 0.494 e. The van der Waals surface area contributed by atoms with Gasteiger partial charge in [0.2, 0.25) is 11.8 Å². The molecule has 2 aliphatic rings. The van der Waals surface area contributed by atoms with Crippen LogP contribution in [0, 0.1) is 5.92 Å². The number of carbonyl (C=O) groups excluding carboxylic acids is 2. The highest BCUT2D eigenvalue weighted by Crippen LogP contribution is 2.37. The van der Waals surface area contributed by atoms with Crippen LogP contribution in [0.1, 0.15) is 59.8 Å². The van der Waals surface area contributed by atoms with E-state index in [4.69, 9.17) is 18.8 Å². The minimum atomic E-state index is -0.790. The van der Waals surface area contributed by atoms with Gasteiger partial charge in [-0.2, -0.15) is 0 Å². The van der Waals surface area contributed by atoms with Crippen molar-refractivity contribution in [2.24, 2.45) is 5.92 Å². The lowest BCUT2D eigenvalue weighted by Gasteiger charge is -2.32. The maximum atomic E-state index is 13.9. The Morgan fingerprint density at radius 3 is 2.37 bits per heavy atom. The molecule has 0 spiro atoms. The molecular weight excluding hydrogens is 551 g/mol. The summed E-state index contributed by atoms with van der Waals surface area (Å²) in [6.07, 6.45) is 5.86. The van der Waals surface area contributed by atoms with E-state index in [2.05, 4.69) is 25.3 Å². The molecule has 0 aliphatic carbocycles. The number of benzene rings is 1. The molecule has 3 aromatic rings. The van der Waals surface area contributed by atoms with Gasteiger partial charge in [-0.1, -0.05) is 38.1 Å². The molecule has 43 heavy (non-hydrogen) atoms. The number of hydrogen-bond acceptors (Lipinski definition) is 9.